The minimum Gasteiger partial charge on any atom is -0.478 e. The number of anilines is 1. The number of carboxylic acid groups (broad SMARTS) is 2. The summed E-state index contributed by atoms with van der Waals surface area (Å²) in [4.78, 5) is 40.2. The number of benzene rings is 1. The van der Waals surface area contributed by atoms with E-state index < -0.39 is 17.8 Å². The van der Waals surface area contributed by atoms with Gasteiger partial charge in [0.25, 0.3) is 5.91 Å². The lowest BCUT2D eigenvalue weighted by atomic mass is 10.0. The van der Waals surface area contributed by atoms with Crippen molar-refractivity contribution in [1.29, 1.82) is 0 Å². The lowest BCUT2D eigenvalue weighted by Gasteiger charge is -2.07. The molecule has 1 aliphatic carbocycles. The van der Waals surface area contributed by atoms with Gasteiger partial charge in [-0.25, -0.2) is 14.6 Å². The number of aromatic nitrogens is 1. The van der Waals surface area contributed by atoms with Crippen molar-refractivity contribution in [2.24, 2.45) is 0 Å². The summed E-state index contributed by atoms with van der Waals surface area (Å²) >= 11 is 1.40. The maximum absolute atomic E-state index is 12.4. The predicted molar refractivity (Wildman–Crippen MR) is 87.1 cm³/mol. The summed E-state index contributed by atoms with van der Waals surface area (Å²) in [5.74, 6) is -3.23. The number of nitrogens with one attached hydrogen (secondary N) is 1. The van der Waals surface area contributed by atoms with Crippen LogP contribution in [0.2, 0.25) is 0 Å². The molecular weight excluding hydrogens is 332 g/mol. The first-order chi connectivity index (χ1) is 11.5. The van der Waals surface area contributed by atoms with Gasteiger partial charge in [-0.3, -0.25) is 10.1 Å². The van der Waals surface area contributed by atoms with Gasteiger partial charge in [-0.2, -0.15) is 0 Å². The normalized spacial score (nSPS) is 13.2. The predicted octanol–water partition coefficient (Wildman–Crippen LogP) is 2.67. The minimum atomic E-state index is -1.36. The molecule has 0 aliphatic heterocycles. The van der Waals surface area contributed by atoms with Gasteiger partial charge in [0.05, 0.1) is 22.4 Å². The Bertz CT molecular complexity index is 819. The van der Waals surface area contributed by atoms with Crippen LogP contribution in [0.1, 0.15) is 54.5 Å². The molecule has 8 heteroatoms. The maximum Gasteiger partial charge on any atom is 0.336 e. The van der Waals surface area contributed by atoms with Crippen LogP contribution in [0.15, 0.2) is 18.2 Å². The molecule has 0 saturated carbocycles. The Kier molecular flexibility index (Phi) is 4.30. The third-order valence-corrected chi connectivity index (χ3v) is 4.88. The van der Waals surface area contributed by atoms with Crippen molar-refractivity contribution in [1.82, 2.24) is 4.98 Å². The van der Waals surface area contributed by atoms with Crippen molar-refractivity contribution < 1.29 is 24.6 Å². The van der Waals surface area contributed by atoms with Gasteiger partial charge in [0.2, 0.25) is 0 Å². The number of thiazole rings is 1. The van der Waals surface area contributed by atoms with Crippen molar-refractivity contribution in [2.75, 3.05) is 5.32 Å². The molecule has 0 saturated heterocycles. The Morgan fingerprint density at radius 2 is 1.79 bits per heavy atom. The van der Waals surface area contributed by atoms with Gasteiger partial charge in [-0.1, -0.05) is 0 Å². The van der Waals surface area contributed by atoms with Crippen LogP contribution < -0.4 is 5.32 Å². The van der Waals surface area contributed by atoms with Gasteiger partial charge in [-0.05, 0) is 43.9 Å². The molecule has 0 unspecified atom stereocenters. The van der Waals surface area contributed by atoms with Gasteiger partial charge in [0, 0.05) is 4.88 Å². The van der Waals surface area contributed by atoms with Crippen LogP contribution in [0, 0.1) is 0 Å². The molecule has 1 aliphatic rings. The number of fused-ring (bicyclic) bond motifs is 1. The molecule has 1 heterocycles. The van der Waals surface area contributed by atoms with Gasteiger partial charge in [0.1, 0.15) is 0 Å². The molecule has 24 heavy (non-hydrogen) atoms. The molecule has 3 rings (SSSR count). The third kappa shape index (κ3) is 3.13. The fourth-order valence-electron chi connectivity index (χ4n) is 2.62. The highest BCUT2D eigenvalue weighted by Gasteiger charge is 2.21. The van der Waals surface area contributed by atoms with Crippen LogP contribution in [0.4, 0.5) is 5.13 Å². The third-order valence-electron chi connectivity index (χ3n) is 3.81. The fraction of sp³-hybridized carbons (Fsp3) is 0.250. The van der Waals surface area contributed by atoms with Crippen LogP contribution in [-0.4, -0.2) is 33.0 Å². The van der Waals surface area contributed by atoms with Crippen LogP contribution in [0.25, 0.3) is 0 Å². The average molecular weight is 346 g/mol. The molecule has 2 aromatic rings. The van der Waals surface area contributed by atoms with Gasteiger partial charge in [-0.15, -0.1) is 11.3 Å². The number of rotatable bonds is 4. The zero-order chi connectivity index (χ0) is 17.3. The molecule has 0 radical (unpaired) electrons. The second-order valence-electron chi connectivity index (χ2n) is 5.42. The largest absolute Gasteiger partial charge is 0.478 e. The number of hydrogen-bond donors (Lipinski definition) is 3. The number of carbonyl (C=O) groups is 3. The maximum atomic E-state index is 12.4. The van der Waals surface area contributed by atoms with Gasteiger partial charge in [0.15, 0.2) is 5.13 Å². The van der Waals surface area contributed by atoms with Crippen LogP contribution in [0.3, 0.4) is 0 Å². The number of amides is 1. The molecule has 3 N–H and O–H groups in total. The van der Waals surface area contributed by atoms with E-state index in [4.69, 9.17) is 5.11 Å². The number of aryl methyl sites for hydroxylation is 2. The van der Waals surface area contributed by atoms with Crippen molar-refractivity contribution in [3.8, 4) is 0 Å². The van der Waals surface area contributed by atoms with E-state index in [1.165, 1.54) is 23.5 Å². The second kappa shape index (κ2) is 6.40. The molecule has 1 aromatic heterocycles. The summed E-state index contributed by atoms with van der Waals surface area (Å²) in [5.41, 5.74) is 0.351. The molecule has 0 spiro atoms. The van der Waals surface area contributed by atoms with Crippen LogP contribution >= 0.6 is 11.3 Å². The zero-order valence-corrected chi connectivity index (χ0v) is 13.4. The molecular formula is C16H14N2O5S. The first-order valence-electron chi connectivity index (χ1n) is 7.36. The Labute approximate surface area is 141 Å². The summed E-state index contributed by atoms with van der Waals surface area (Å²) in [6, 6.07) is 3.39. The number of aromatic carboxylic acids is 2. The summed E-state index contributed by atoms with van der Waals surface area (Å²) in [6.07, 6.45) is 4.00. The van der Waals surface area contributed by atoms with Gasteiger partial charge >= 0.3 is 11.9 Å². The van der Waals surface area contributed by atoms with Gasteiger partial charge < -0.3 is 10.2 Å². The fourth-order valence-corrected chi connectivity index (χ4v) is 3.67. The number of carboxylic acids is 2. The quantitative estimate of drug-likeness (QED) is 0.783. The first-order valence-corrected chi connectivity index (χ1v) is 8.18. The molecule has 1 amide bonds. The zero-order valence-electron chi connectivity index (χ0n) is 12.5. The van der Waals surface area contributed by atoms with Crippen molar-refractivity contribution in [3.63, 3.8) is 0 Å². The van der Waals surface area contributed by atoms with E-state index in [1.807, 2.05) is 0 Å². The van der Waals surface area contributed by atoms with E-state index in [9.17, 15) is 19.5 Å². The molecule has 0 atom stereocenters. The Morgan fingerprint density at radius 3 is 2.46 bits per heavy atom. The standard InChI is InChI=1S/C16H14N2O5S/c19-13(18-16-17-11-3-1-2-4-12(11)24-16)9-6-5-8(14(20)21)7-10(9)15(22)23/h5-7H,1-4H2,(H,20,21)(H,22,23)(H,17,18,19). The molecule has 7 nitrogen and oxygen atoms in total. The van der Waals surface area contributed by atoms with E-state index in [0.717, 1.165) is 42.3 Å². The van der Waals surface area contributed by atoms with E-state index >= 15 is 0 Å². The number of nitrogens with zero attached hydrogens (tertiary/aromatic N) is 1. The minimum absolute atomic E-state index is 0.0966. The Morgan fingerprint density at radius 1 is 1.04 bits per heavy atom. The number of carbonyl (C=O) groups excluding carboxylic acids is 1. The van der Waals surface area contributed by atoms with Crippen LogP contribution in [-0.2, 0) is 12.8 Å². The summed E-state index contributed by atoms with van der Waals surface area (Å²) in [7, 11) is 0. The highest BCUT2D eigenvalue weighted by molar-refractivity contribution is 7.15. The smallest absolute Gasteiger partial charge is 0.336 e. The molecule has 1 aromatic carbocycles. The monoisotopic (exact) mass is 346 g/mol. The first kappa shape index (κ1) is 16.1. The summed E-state index contributed by atoms with van der Waals surface area (Å²) in [6.45, 7) is 0. The van der Waals surface area contributed by atoms with Crippen LogP contribution in [0.5, 0.6) is 0 Å². The summed E-state index contributed by atoms with van der Waals surface area (Å²) in [5, 5.41) is 21.2. The van der Waals surface area contributed by atoms with E-state index in [-0.39, 0.29) is 16.7 Å². The topological polar surface area (TPSA) is 117 Å². The van der Waals surface area contributed by atoms with Crippen molar-refractivity contribution in [2.45, 2.75) is 25.7 Å². The molecule has 0 fully saturated rings. The van der Waals surface area contributed by atoms with Crippen molar-refractivity contribution >= 4 is 34.3 Å². The Hall–Kier alpha value is -2.74. The van der Waals surface area contributed by atoms with E-state index in [2.05, 4.69) is 10.3 Å². The lowest BCUT2D eigenvalue weighted by molar-refractivity contribution is 0.0692. The van der Waals surface area contributed by atoms with Crippen molar-refractivity contribution in [3.05, 3.63) is 45.5 Å². The van der Waals surface area contributed by atoms with E-state index in [1.54, 1.807) is 0 Å². The average Bonchev–Trinajstić information content (AvgIpc) is 2.96. The SMILES string of the molecule is O=C(O)c1ccc(C(=O)Nc2nc3c(s2)CCCC3)c(C(=O)O)c1. The summed E-state index contributed by atoms with van der Waals surface area (Å²) < 4.78 is 0. The number of hydrogen-bond acceptors (Lipinski definition) is 5. The Balaban J connectivity index is 1.88. The highest BCUT2D eigenvalue weighted by atomic mass is 32.1. The molecule has 124 valence electrons. The lowest BCUT2D eigenvalue weighted by Crippen LogP contribution is -2.17. The second-order valence-corrected chi connectivity index (χ2v) is 6.50. The highest BCUT2D eigenvalue weighted by Crippen LogP contribution is 2.30. The van der Waals surface area contributed by atoms with E-state index in [0.29, 0.717) is 5.13 Å². The molecule has 0 bridgehead atoms.